The lowest BCUT2D eigenvalue weighted by Gasteiger charge is -2.40. The van der Waals surface area contributed by atoms with E-state index in [9.17, 15) is 4.79 Å². The average Bonchev–Trinajstić information content (AvgIpc) is 2.80. The van der Waals surface area contributed by atoms with Crippen molar-refractivity contribution in [2.75, 3.05) is 0 Å². The molecule has 0 bridgehead atoms. The van der Waals surface area contributed by atoms with Crippen LogP contribution in [0.1, 0.15) is 28.2 Å². The summed E-state index contributed by atoms with van der Waals surface area (Å²) in [5.74, 6) is -0.342. The topological polar surface area (TPSA) is 17.1 Å². The number of benzene rings is 4. The lowest BCUT2D eigenvalue weighted by molar-refractivity contribution is -0.115. The molecule has 0 saturated heterocycles. The first-order chi connectivity index (χ1) is 14.6. The predicted molar refractivity (Wildman–Crippen MR) is 124 cm³/mol. The summed E-state index contributed by atoms with van der Waals surface area (Å²) < 4.78 is 0. The zero-order valence-corrected chi connectivity index (χ0v) is 17.7. The van der Waals surface area contributed by atoms with Gasteiger partial charge in [0.05, 0.1) is 0 Å². The summed E-state index contributed by atoms with van der Waals surface area (Å²) in [4.78, 5) is 13.5. The van der Waals surface area contributed by atoms with E-state index < -0.39 is 10.7 Å². The molecule has 0 aliphatic heterocycles. The van der Waals surface area contributed by atoms with Crippen LogP contribution in [0.4, 0.5) is 0 Å². The maximum Gasteiger partial charge on any atom is 0.237 e. The van der Waals surface area contributed by atoms with E-state index in [1.54, 1.807) is 0 Å². The summed E-state index contributed by atoms with van der Waals surface area (Å²) in [6.45, 7) is 0. The number of rotatable bonds is 6. The molecule has 0 spiro atoms. The number of halogens is 2. The first kappa shape index (κ1) is 20.4. The van der Waals surface area contributed by atoms with Gasteiger partial charge in [-0.2, -0.15) is 0 Å². The van der Waals surface area contributed by atoms with Crippen LogP contribution in [0.2, 0.25) is 5.02 Å². The van der Waals surface area contributed by atoms with Gasteiger partial charge in [-0.1, -0.05) is 115 Å². The first-order valence-electron chi connectivity index (χ1n) is 9.75. The molecule has 0 saturated carbocycles. The predicted octanol–water partition coefficient (Wildman–Crippen LogP) is 7.22. The van der Waals surface area contributed by atoms with Crippen LogP contribution in [-0.4, -0.2) is 5.24 Å². The van der Waals surface area contributed by atoms with Crippen molar-refractivity contribution in [3.63, 3.8) is 0 Å². The lowest BCUT2D eigenvalue weighted by atomic mass is 9.62. The zero-order chi connectivity index (χ0) is 21.0. The highest BCUT2D eigenvalue weighted by atomic mass is 35.5. The second-order valence-electron chi connectivity index (χ2n) is 7.21. The van der Waals surface area contributed by atoms with Crippen LogP contribution in [0.5, 0.6) is 0 Å². The van der Waals surface area contributed by atoms with Crippen LogP contribution in [0.15, 0.2) is 115 Å². The Morgan fingerprint density at radius 3 is 1.43 bits per heavy atom. The molecule has 0 aliphatic rings. The molecule has 4 aromatic rings. The molecule has 1 nitrogen and oxygen atoms in total. The van der Waals surface area contributed by atoms with E-state index in [0.717, 1.165) is 22.3 Å². The van der Waals surface area contributed by atoms with Crippen molar-refractivity contribution in [1.29, 1.82) is 0 Å². The summed E-state index contributed by atoms with van der Waals surface area (Å²) in [6, 6.07) is 37.2. The van der Waals surface area contributed by atoms with Gasteiger partial charge in [0.2, 0.25) is 5.24 Å². The van der Waals surface area contributed by atoms with Gasteiger partial charge >= 0.3 is 0 Å². The number of carbonyl (C=O) groups is 1. The van der Waals surface area contributed by atoms with Crippen molar-refractivity contribution >= 4 is 28.4 Å². The first-order valence-corrected chi connectivity index (χ1v) is 10.5. The molecular formula is C27H20Cl2O. The molecular weight excluding hydrogens is 411 g/mol. The van der Waals surface area contributed by atoms with Crippen molar-refractivity contribution in [3.05, 3.63) is 143 Å². The monoisotopic (exact) mass is 430 g/mol. The minimum Gasteiger partial charge on any atom is -0.280 e. The quantitative estimate of drug-likeness (QED) is 0.295. The van der Waals surface area contributed by atoms with Gasteiger partial charge in [-0.05, 0) is 46.0 Å². The molecule has 4 rings (SSSR count). The summed E-state index contributed by atoms with van der Waals surface area (Å²) in [5.41, 5.74) is 2.55. The summed E-state index contributed by atoms with van der Waals surface area (Å²) >= 11 is 12.7. The molecule has 1 atom stereocenters. The van der Waals surface area contributed by atoms with Gasteiger partial charge in [0.15, 0.2) is 0 Å². The molecule has 0 fully saturated rings. The van der Waals surface area contributed by atoms with E-state index in [1.165, 1.54) is 0 Å². The van der Waals surface area contributed by atoms with Gasteiger partial charge in [0.1, 0.15) is 5.41 Å². The largest absolute Gasteiger partial charge is 0.280 e. The second kappa shape index (κ2) is 8.87. The van der Waals surface area contributed by atoms with Crippen molar-refractivity contribution in [2.24, 2.45) is 0 Å². The van der Waals surface area contributed by atoms with Crippen LogP contribution in [-0.2, 0) is 10.2 Å². The van der Waals surface area contributed by atoms with E-state index in [-0.39, 0.29) is 5.92 Å². The molecule has 0 N–H and O–H groups in total. The highest BCUT2D eigenvalue weighted by molar-refractivity contribution is 6.66. The molecule has 0 aromatic heterocycles. The number of hydrogen-bond acceptors (Lipinski definition) is 1. The second-order valence-corrected chi connectivity index (χ2v) is 7.99. The Balaban J connectivity index is 2.11. The Kier molecular flexibility index (Phi) is 6.03. The Labute approximate surface area is 186 Å². The third-order valence-electron chi connectivity index (χ3n) is 5.54. The van der Waals surface area contributed by atoms with E-state index in [1.807, 2.05) is 115 Å². The van der Waals surface area contributed by atoms with Gasteiger partial charge in [0, 0.05) is 10.9 Å². The number of hydrogen-bond donors (Lipinski definition) is 0. The van der Waals surface area contributed by atoms with Crippen LogP contribution >= 0.6 is 23.2 Å². The standard InChI is InChI=1S/C27H20Cl2O/c28-24-18-16-21(17-19-24)25(20-10-4-1-5-11-20)27(26(29)30,22-12-6-2-7-13-22)23-14-8-3-9-15-23/h1-19,25H. The van der Waals surface area contributed by atoms with Gasteiger partial charge in [-0.3, -0.25) is 4.79 Å². The molecule has 3 heteroatoms. The van der Waals surface area contributed by atoms with E-state index in [2.05, 4.69) is 0 Å². The average molecular weight is 431 g/mol. The third kappa shape index (κ3) is 3.67. The SMILES string of the molecule is O=C(Cl)C(c1ccccc1)(c1ccccc1)C(c1ccccc1)c1ccc(Cl)cc1. The number of carbonyl (C=O) groups excluding carboxylic acids is 1. The minimum absolute atomic E-state index is 0.342. The molecule has 0 amide bonds. The van der Waals surface area contributed by atoms with Crippen LogP contribution in [0, 0.1) is 0 Å². The van der Waals surface area contributed by atoms with Crippen molar-refractivity contribution < 1.29 is 4.79 Å². The molecule has 0 radical (unpaired) electrons. The zero-order valence-electron chi connectivity index (χ0n) is 16.2. The summed E-state index contributed by atoms with van der Waals surface area (Å²) in [6.07, 6.45) is 0. The van der Waals surface area contributed by atoms with Crippen molar-refractivity contribution in [1.82, 2.24) is 0 Å². The summed E-state index contributed by atoms with van der Waals surface area (Å²) in [5, 5.41) is 0.219. The van der Waals surface area contributed by atoms with E-state index in [4.69, 9.17) is 23.2 Å². The fraction of sp³-hybridized carbons (Fsp3) is 0.0741. The smallest absolute Gasteiger partial charge is 0.237 e. The molecule has 148 valence electrons. The highest BCUT2D eigenvalue weighted by Gasteiger charge is 2.49. The van der Waals surface area contributed by atoms with Gasteiger partial charge < -0.3 is 0 Å². The summed E-state index contributed by atoms with van der Waals surface area (Å²) in [7, 11) is 0. The van der Waals surface area contributed by atoms with Crippen molar-refractivity contribution in [2.45, 2.75) is 11.3 Å². The highest BCUT2D eigenvalue weighted by Crippen LogP contribution is 2.49. The van der Waals surface area contributed by atoms with Gasteiger partial charge in [0.25, 0.3) is 0 Å². The normalized spacial score (nSPS) is 12.3. The Bertz CT molecular complexity index is 1070. The maximum absolute atomic E-state index is 13.5. The van der Waals surface area contributed by atoms with Gasteiger partial charge in [-0.25, -0.2) is 0 Å². The Hall–Kier alpha value is -2.87. The fourth-order valence-corrected chi connectivity index (χ4v) is 4.69. The molecule has 30 heavy (non-hydrogen) atoms. The maximum atomic E-state index is 13.5. The van der Waals surface area contributed by atoms with Gasteiger partial charge in [-0.15, -0.1) is 0 Å². The van der Waals surface area contributed by atoms with Crippen molar-refractivity contribution in [3.8, 4) is 0 Å². The van der Waals surface area contributed by atoms with Crippen LogP contribution in [0.3, 0.4) is 0 Å². The minimum atomic E-state index is -1.11. The molecule has 0 heterocycles. The Morgan fingerprint density at radius 2 is 1.00 bits per heavy atom. The van der Waals surface area contributed by atoms with Crippen LogP contribution < -0.4 is 0 Å². The fourth-order valence-electron chi connectivity index (χ4n) is 4.24. The third-order valence-corrected chi connectivity index (χ3v) is 6.09. The molecule has 4 aromatic carbocycles. The lowest BCUT2D eigenvalue weighted by Crippen LogP contribution is -2.41. The van der Waals surface area contributed by atoms with Crippen LogP contribution in [0.25, 0.3) is 0 Å². The Morgan fingerprint density at radius 1 is 0.600 bits per heavy atom. The molecule has 0 aliphatic carbocycles. The van der Waals surface area contributed by atoms with E-state index in [0.29, 0.717) is 5.02 Å². The molecule has 1 unspecified atom stereocenters. The van der Waals surface area contributed by atoms with E-state index >= 15 is 0 Å².